The number of esters is 1. The minimum Gasteiger partial charge on any atom is -0.462 e. The summed E-state index contributed by atoms with van der Waals surface area (Å²) in [5.74, 6) is -0.272. The molecule has 0 unspecified atom stereocenters. The highest BCUT2D eigenvalue weighted by Gasteiger charge is 2.13. The average Bonchev–Trinajstić information content (AvgIpc) is 2.91. The van der Waals surface area contributed by atoms with E-state index in [2.05, 4.69) is 16.4 Å². The van der Waals surface area contributed by atoms with Crippen molar-refractivity contribution < 1.29 is 9.53 Å². The quantitative estimate of drug-likeness (QED) is 0.843. The van der Waals surface area contributed by atoms with E-state index in [-0.39, 0.29) is 5.97 Å². The fourth-order valence-electron chi connectivity index (χ4n) is 2.60. The van der Waals surface area contributed by atoms with Crippen molar-refractivity contribution >= 4 is 22.4 Å². The molecule has 0 aliphatic carbocycles. The van der Waals surface area contributed by atoms with Crippen molar-refractivity contribution in [2.45, 2.75) is 13.3 Å². The van der Waals surface area contributed by atoms with Gasteiger partial charge in [0.25, 0.3) is 0 Å². The molecule has 3 rings (SSSR count). The summed E-state index contributed by atoms with van der Waals surface area (Å²) in [4.78, 5) is 15.0. The molecule has 1 aliphatic rings. The Balaban J connectivity index is 1.98. The van der Waals surface area contributed by atoms with Gasteiger partial charge in [-0.1, -0.05) is 12.1 Å². The predicted octanol–water partition coefficient (Wildman–Crippen LogP) is 2.72. The van der Waals surface area contributed by atoms with E-state index in [1.54, 1.807) is 0 Å². The Morgan fingerprint density at radius 3 is 3.05 bits per heavy atom. The smallest absolute Gasteiger partial charge is 0.338 e. The van der Waals surface area contributed by atoms with E-state index in [0.717, 1.165) is 30.4 Å². The molecule has 2 heterocycles. The molecule has 0 saturated heterocycles. The molecular formula is C16H18N2O2. The van der Waals surface area contributed by atoms with Gasteiger partial charge in [0, 0.05) is 29.2 Å². The minimum atomic E-state index is -0.272. The number of carbonyl (C=O) groups excluding carboxylic acids is 1. The van der Waals surface area contributed by atoms with E-state index in [1.807, 2.05) is 31.3 Å². The van der Waals surface area contributed by atoms with E-state index in [4.69, 9.17) is 4.74 Å². The highest BCUT2D eigenvalue weighted by atomic mass is 16.5. The zero-order chi connectivity index (χ0) is 13.9. The van der Waals surface area contributed by atoms with Crippen molar-refractivity contribution in [2.24, 2.45) is 0 Å². The molecule has 0 atom stereocenters. The third-order valence-corrected chi connectivity index (χ3v) is 3.60. The normalized spacial score (nSPS) is 15.2. The molecule has 2 N–H and O–H groups in total. The van der Waals surface area contributed by atoms with E-state index in [0.29, 0.717) is 12.2 Å². The fourth-order valence-corrected chi connectivity index (χ4v) is 2.60. The van der Waals surface area contributed by atoms with E-state index in [1.165, 1.54) is 11.1 Å². The van der Waals surface area contributed by atoms with Crippen molar-refractivity contribution in [1.29, 1.82) is 0 Å². The molecule has 0 amide bonds. The number of hydrogen-bond donors (Lipinski definition) is 2. The van der Waals surface area contributed by atoms with Crippen molar-refractivity contribution in [2.75, 3.05) is 19.7 Å². The first-order valence-corrected chi connectivity index (χ1v) is 6.98. The van der Waals surface area contributed by atoms with Gasteiger partial charge in [-0.05, 0) is 37.6 Å². The van der Waals surface area contributed by atoms with Gasteiger partial charge >= 0.3 is 5.97 Å². The Kier molecular flexibility index (Phi) is 3.56. The summed E-state index contributed by atoms with van der Waals surface area (Å²) < 4.78 is 5.03. The third-order valence-electron chi connectivity index (χ3n) is 3.60. The molecule has 1 aliphatic heterocycles. The molecule has 0 saturated carbocycles. The summed E-state index contributed by atoms with van der Waals surface area (Å²) in [5.41, 5.74) is 4.16. The van der Waals surface area contributed by atoms with Crippen LogP contribution in [0, 0.1) is 0 Å². The number of benzene rings is 1. The molecule has 0 radical (unpaired) electrons. The molecule has 4 nitrogen and oxygen atoms in total. The number of ether oxygens (including phenoxy) is 1. The molecule has 2 aromatic rings. The molecular weight excluding hydrogens is 252 g/mol. The Morgan fingerprint density at radius 2 is 2.30 bits per heavy atom. The first kappa shape index (κ1) is 12.9. The van der Waals surface area contributed by atoms with Crippen molar-refractivity contribution in [3.05, 3.63) is 41.6 Å². The fraction of sp³-hybridized carbons (Fsp3) is 0.312. The van der Waals surface area contributed by atoms with Gasteiger partial charge in [-0.25, -0.2) is 4.79 Å². The van der Waals surface area contributed by atoms with Crippen molar-refractivity contribution in [3.8, 4) is 0 Å². The second kappa shape index (κ2) is 5.51. The summed E-state index contributed by atoms with van der Waals surface area (Å²) in [5, 5.41) is 4.47. The Bertz CT molecular complexity index is 670. The Hall–Kier alpha value is -2.07. The Morgan fingerprint density at radius 1 is 1.40 bits per heavy atom. The molecule has 1 aromatic carbocycles. The SMILES string of the molecule is CCOC(=O)c1ccc2c(C3=CCNCC3)c[nH]c2c1. The highest BCUT2D eigenvalue weighted by molar-refractivity contribution is 5.98. The van der Waals surface area contributed by atoms with Crippen LogP contribution in [-0.2, 0) is 4.74 Å². The first-order valence-electron chi connectivity index (χ1n) is 6.98. The second-order valence-electron chi connectivity index (χ2n) is 4.87. The number of rotatable bonds is 3. The lowest BCUT2D eigenvalue weighted by atomic mass is 9.99. The molecule has 104 valence electrons. The topological polar surface area (TPSA) is 54.1 Å². The number of aromatic amines is 1. The number of hydrogen-bond acceptors (Lipinski definition) is 3. The van der Waals surface area contributed by atoms with Gasteiger partial charge in [0.15, 0.2) is 0 Å². The van der Waals surface area contributed by atoms with Gasteiger partial charge in [0.2, 0.25) is 0 Å². The zero-order valence-corrected chi connectivity index (χ0v) is 11.5. The summed E-state index contributed by atoms with van der Waals surface area (Å²) in [7, 11) is 0. The largest absolute Gasteiger partial charge is 0.462 e. The standard InChI is InChI=1S/C16H18N2O2/c1-2-20-16(19)12-3-4-13-14(10-18-15(13)9-12)11-5-7-17-8-6-11/h3-5,9-10,17-18H,2,6-8H2,1H3. The number of carbonyl (C=O) groups is 1. The van der Waals surface area contributed by atoms with E-state index in [9.17, 15) is 4.79 Å². The molecule has 1 aromatic heterocycles. The van der Waals surface area contributed by atoms with Crippen LogP contribution >= 0.6 is 0 Å². The van der Waals surface area contributed by atoms with Crippen LogP contribution in [0.5, 0.6) is 0 Å². The van der Waals surface area contributed by atoms with Crippen LogP contribution in [0.4, 0.5) is 0 Å². The first-order chi connectivity index (χ1) is 9.79. The third kappa shape index (κ3) is 2.34. The molecule has 20 heavy (non-hydrogen) atoms. The molecule has 0 spiro atoms. The van der Waals surface area contributed by atoms with Crippen LogP contribution in [0.15, 0.2) is 30.5 Å². The van der Waals surface area contributed by atoms with Gasteiger partial charge in [-0.15, -0.1) is 0 Å². The minimum absolute atomic E-state index is 0.272. The van der Waals surface area contributed by atoms with E-state index < -0.39 is 0 Å². The monoisotopic (exact) mass is 270 g/mol. The summed E-state index contributed by atoms with van der Waals surface area (Å²) in [6.45, 7) is 4.14. The van der Waals surface area contributed by atoms with Crippen LogP contribution in [0.2, 0.25) is 0 Å². The number of fused-ring (bicyclic) bond motifs is 1. The second-order valence-corrected chi connectivity index (χ2v) is 4.87. The maximum atomic E-state index is 11.7. The van der Waals surface area contributed by atoms with Crippen LogP contribution in [0.25, 0.3) is 16.5 Å². The molecule has 4 heteroatoms. The summed E-state index contributed by atoms with van der Waals surface area (Å²) in [6.07, 6.45) is 5.29. The number of aromatic nitrogens is 1. The maximum absolute atomic E-state index is 11.7. The van der Waals surface area contributed by atoms with Crippen LogP contribution in [0.1, 0.15) is 29.3 Å². The van der Waals surface area contributed by atoms with Crippen LogP contribution in [-0.4, -0.2) is 30.6 Å². The van der Waals surface area contributed by atoms with Gasteiger partial charge in [0.05, 0.1) is 12.2 Å². The lowest BCUT2D eigenvalue weighted by molar-refractivity contribution is 0.0526. The lowest BCUT2D eigenvalue weighted by Crippen LogP contribution is -2.19. The van der Waals surface area contributed by atoms with Gasteiger partial charge in [-0.2, -0.15) is 0 Å². The van der Waals surface area contributed by atoms with Crippen LogP contribution < -0.4 is 5.32 Å². The number of H-pyrrole nitrogens is 1. The van der Waals surface area contributed by atoms with Crippen molar-refractivity contribution in [3.63, 3.8) is 0 Å². The summed E-state index contributed by atoms with van der Waals surface area (Å²) >= 11 is 0. The zero-order valence-electron chi connectivity index (χ0n) is 11.5. The molecule has 0 fully saturated rings. The number of nitrogens with one attached hydrogen (secondary N) is 2. The van der Waals surface area contributed by atoms with Gasteiger partial charge in [-0.3, -0.25) is 0 Å². The highest BCUT2D eigenvalue weighted by Crippen LogP contribution is 2.28. The van der Waals surface area contributed by atoms with Crippen LogP contribution in [0.3, 0.4) is 0 Å². The van der Waals surface area contributed by atoms with Gasteiger partial charge in [0.1, 0.15) is 0 Å². The Labute approximate surface area is 117 Å². The lowest BCUT2D eigenvalue weighted by Gasteiger charge is -2.13. The summed E-state index contributed by atoms with van der Waals surface area (Å²) in [6, 6.07) is 5.69. The maximum Gasteiger partial charge on any atom is 0.338 e. The van der Waals surface area contributed by atoms with Crippen molar-refractivity contribution in [1.82, 2.24) is 10.3 Å². The average molecular weight is 270 g/mol. The molecule has 0 bridgehead atoms. The van der Waals surface area contributed by atoms with Gasteiger partial charge < -0.3 is 15.0 Å². The van der Waals surface area contributed by atoms with E-state index >= 15 is 0 Å². The predicted molar refractivity (Wildman–Crippen MR) is 79.7 cm³/mol.